The summed E-state index contributed by atoms with van der Waals surface area (Å²) in [6.45, 7) is 1.48. The number of sulfonamides is 1. The van der Waals surface area contributed by atoms with Crippen molar-refractivity contribution in [1.82, 2.24) is 5.32 Å². The lowest BCUT2D eigenvalue weighted by atomic mass is 10.1. The first-order valence-corrected chi connectivity index (χ1v) is 12.1. The van der Waals surface area contributed by atoms with Gasteiger partial charge in [0, 0.05) is 9.13 Å². The zero-order valence-corrected chi connectivity index (χ0v) is 20.1. The SMILES string of the molecule is COc1ccccc1[C@@H](C)NC(=O)CN(c1ccc(I)cc1)S(=O)(=O)c1ccccc1. The van der Waals surface area contributed by atoms with Gasteiger partial charge in [-0.15, -0.1) is 0 Å². The Morgan fingerprint density at radius 2 is 1.61 bits per heavy atom. The van der Waals surface area contributed by atoms with Gasteiger partial charge in [0.1, 0.15) is 12.3 Å². The van der Waals surface area contributed by atoms with Gasteiger partial charge < -0.3 is 10.1 Å². The molecule has 0 aromatic heterocycles. The number of benzene rings is 3. The van der Waals surface area contributed by atoms with Crippen molar-refractivity contribution in [3.8, 4) is 5.75 Å². The van der Waals surface area contributed by atoms with E-state index < -0.39 is 15.9 Å². The van der Waals surface area contributed by atoms with Crippen molar-refractivity contribution in [3.63, 3.8) is 0 Å². The Labute approximate surface area is 196 Å². The number of hydrogen-bond donors (Lipinski definition) is 1. The highest BCUT2D eigenvalue weighted by molar-refractivity contribution is 14.1. The van der Waals surface area contributed by atoms with Gasteiger partial charge in [-0.05, 0) is 72.0 Å². The van der Waals surface area contributed by atoms with Gasteiger partial charge in [0.2, 0.25) is 5.91 Å². The second-order valence-electron chi connectivity index (χ2n) is 6.83. The van der Waals surface area contributed by atoms with Crippen LogP contribution in [0, 0.1) is 3.57 Å². The molecular weight excluding hydrogens is 527 g/mol. The molecule has 1 N–H and O–H groups in total. The van der Waals surface area contributed by atoms with Crippen LogP contribution >= 0.6 is 22.6 Å². The lowest BCUT2D eigenvalue weighted by molar-refractivity contribution is -0.120. The number of nitrogens with one attached hydrogen (secondary N) is 1. The molecule has 3 aromatic carbocycles. The van der Waals surface area contributed by atoms with Gasteiger partial charge in [-0.3, -0.25) is 9.10 Å². The van der Waals surface area contributed by atoms with E-state index in [9.17, 15) is 13.2 Å². The second kappa shape index (κ2) is 10.1. The van der Waals surface area contributed by atoms with Crippen LogP contribution in [0.1, 0.15) is 18.5 Å². The molecule has 31 heavy (non-hydrogen) atoms. The van der Waals surface area contributed by atoms with Crippen LogP contribution in [0.25, 0.3) is 0 Å². The summed E-state index contributed by atoms with van der Waals surface area (Å²) < 4.78 is 34.1. The molecule has 0 radical (unpaired) electrons. The molecule has 0 heterocycles. The molecule has 162 valence electrons. The monoisotopic (exact) mass is 550 g/mol. The molecule has 0 spiro atoms. The number of amides is 1. The summed E-state index contributed by atoms with van der Waals surface area (Å²) in [4.78, 5) is 13.0. The number of hydrogen-bond acceptors (Lipinski definition) is 4. The number of anilines is 1. The zero-order chi connectivity index (χ0) is 22.4. The van der Waals surface area contributed by atoms with Gasteiger partial charge in [-0.25, -0.2) is 8.42 Å². The van der Waals surface area contributed by atoms with Crippen LogP contribution in [0.3, 0.4) is 0 Å². The Hall–Kier alpha value is -2.59. The molecule has 1 atom stereocenters. The van der Waals surface area contributed by atoms with Crippen molar-refractivity contribution < 1.29 is 17.9 Å². The van der Waals surface area contributed by atoms with E-state index in [1.807, 2.05) is 31.2 Å². The van der Waals surface area contributed by atoms with Crippen molar-refractivity contribution in [2.24, 2.45) is 0 Å². The van der Waals surface area contributed by atoms with Crippen LogP contribution in [0.5, 0.6) is 5.75 Å². The molecular formula is C23H23IN2O4S. The van der Waals surface area contributed by atoms with Crippen molar-refractivity contribution in [3.05, 3.63) is 88.0 Å². The molecule has 6 nitrogen and oxygen atoms in total. The minimum atomic E-state index is -3.93. The van der Waals surface area contributed by atoms with E-state index in [1.54, 1.807) is 49.6 Å². The Kier molecular flexibility index (Phi) is 7.55. The third kappa shape index (κ3) is 5.56. The van der Waals surface area contributed by atoms with Crippen molar-refractivity contribution in [1.29, 1.82) is 0 Å². The van der Waals surface area contributed by atoms with Crippen LogP contribution in [-0.4, -0.2) is 28.0 Å². The average Bonchev–Trinajstić information content (AvgIpc) is 2.78. The van der Waals surface area contributed by atoms with E-state index in [-0.39, 0.29) is 17.5 Å². The first kappa shape index (κ1) is 23.1. The number of para-hydroxylation sites is 1. The molecule has 8 heteroatoms. The zero-order valence-electron chi connectivity index (χ0n) is 17.2. The van der Waals surface area contributed by atoms with Crippen LogP contribution in [0.2, 0.25) is 0 Å². The Morgan fingerprint density at radius 1 is 1.00 bits per heavy atom. The number of halogens is 1. The fourth-order valence-electron chi connectivity index (χ4n) is 3.16. The number of methoxy groups -OCH3 is 1. The van der Waals surface area contributed by atoms with E-state index in [1.165, 1.54) is 12.1 Å². The molecule has 1 amide bonds. The van der Waals surface area contributed by atoms with Crippen LogP contribution < -0.4 is 14.4 Å². The molecule has 0 aliphatic rings. The van der Waals surface area contributed by atoms with E-state index >= 15 is 0 Å². The van der Waals surface area contributed by atoms with E-state index in [4.69, 9.17) is 4.74 Å². The smallest absolute Gasteiger partial charge is 0.264 e. The third-order valence-electron chi connectivity index (χ3n) is 4.72. The third-order valence-corrected chi connectivity index (χ3v) is 7.22. The molecule has 0 unspecified atom stereocenters. The van der Waals surface area contributed by atoms with Crippen LogP contribution in [0.15, 0.2) is 83.8 Å². The predicted octanol–water partition coefficient (Wildman–Crippen LogP) is 4.37. The first-order valence-electron chi connectivity index (χ1n) is 9.58. The maximum Gasteiger partial charge on any atom is 0.264 e. The lowest BCUT2D eigenvalue weighted by Gasteiger charge is -2.25. The van der Waals surface area contributed by atoms with Gasteiger partial charge >= 0.3 is 0 Å². The summed E-state index contributed by atoms with van der Waals surface area (Å²) >= 11 is 2.15. The highest BCUT2D eigenvalue weighted by atomic mass is 127. The standard InChI is InChI=1S/C23H23IN2O4S/c1-17(21-10-6-7-11-22(21)30-2)25-23(27)16-26(19-14-12-18(24)13-15-19)31(28,29)20-8-4-3-5-9-20/h3-15,17H,16H2,1-2H3,(H,25,27)/t17-/m1/s1. The fraction of sp³-hybridized carbons (Fsp3) is 0.174. The quantitative estimate of drug-likeness (QED) is 0.423. The minimum absolute atomic E-state index is 0.124. The maximum absolute atomic E-state index is 13.3. The summed E-state index contributed by atoms with van der Waals surface area (Å²) in [5, 5.41) is 2.88. The van der Waals surface area contributed by atoms with E-state index in [0.29, 0.717) is 11.4 Å². The molecule has 3 rings (SSSR count). The van der Waals surface area contributed by atoms with Gasteiger partial charge in [-0.1, -0.05) is 36.4 Å². The van der Waals surface area contributed by atoms with Crippen LogP contribution in [-0.2, 0) is 14.8 Å². The molecule has 0 saturated carbocycles. The van der Waals surface area contributed by atoms with E-state index in [0.717, 1.165) is 13.4 Å². The predicted molar refractivity (Wildman–Crippen MR) is 130 cm³/mol. The highest BCUT2D eigenvalue weighted by Crippen LogP contribution is 2.26. The molecule has 0 fully saturated rings. The second-order valence-corrected chi connectivity index (χ2v) is 9.94. The van der Waals surface area contributed by atoms with Crippen molar-refractivity contribution in [2.45, 2.75) is 17.9 Å². The topological polar surface area (TPSA) is 75.7 Å². The number of carbonyl (C=O) groups is 1. The first-order chi connectivity index (χ1) is 14.8. The molecule has 0 bridgehead atoms. The number of rotatable bonds is 8. The van der Waals surface area contributed by atoms with Crippen molar-refractivity contribution >= 4 is 44.2 Å². The van der Waals surface area contributed by atoms with E-state index in [2.05, 4.69) is 27.9 Å². The molecule has 0 saturated heterocycles. The Morgan fingerprint density at radius 3 is 2.26 bits per heavy atom. The summed E-state index contributed by atoms with van der Waals surface area (Å²) in [5.41, 5.74) is 1.23. The molecule has 0 aliphatic heterocycles. The van der Waals surface area contributed by atoms with Gasteiger partial charge in [0.25, 0.3) is 10.0 Å². The normalized spacial score (nSPS) is 12.1. The average molecular weight is 550 g/mol. The largest absolute Gasteiger partial charge is 0.496 e. The van der Waals surface area contributed by atoms with Gasteiger partial charge in [0.05, 0.1) is 23.7 Å². The Balaban J connectivity index is 1.88. The summed E-state index contributed by atoms with van der Waals surface area (Å²) in [6.07, 6.45) is 0. The highest BCUT2D eigenvalue weighted by Gasteiger charge is 2.27. The number of carbonyl (C=O) groups excluding carboxylic acids is 1. The van der Waals surface area contributed by atoms with Gasteiger partial charge in [-0.2, -0.15) is 0 Å². The summed E-state index contributed by atoms with van der Waals surface area (Å²) in [7, 11) is -2.36. The molecule has 3 aromatic rings. The van der Waals surface area contributed by atoms with Crippen LogP contribution in [0.4, 0.5) is 5.69 Å². The summed E-state index contributed by atoms with van der Waals surface area (Å²) in [5.74, 6) is 0.234. The maximum atomic E-state index is 13.3. The van der Waals surface area contributed by atoms with Gasteiger partial charge in [0.15, 0.2) is 0 Å². The van der Waals surface area contributed by atoms with Crippen molar-refractivity contribution in [2.75, 3.05) is 18.0 Å². The number of nitrogens with zero attached hydrogens (tertiary/aromatic N) is 1. The Bertz CT molecular complexity index is 1140. The molecule has 0 aliphatic carbocycles. The summed E-state index contributed by atoms with van der Waals surface area (Å²) in [6, 6.07) is 22.1. The fourth-order valence-corrected chi connectivity index (χ4v) is 4.96. The minimum Gasteiger partial charge on any atom is -0.496 e. The number of ether oxygens (including phenoxy) is 1. The lowest BCUT2D eigenvalue weighted by Crippen LogP contribution is -2.41.